The van der Waals surface area contributed by atoms with E-state index >= 15 is 0 Å². The van der Waals surface area contributed by atoms with Gasteiger partial charge in [-0.15, -0.1) is 5.10 Å². The van der Waals surface area contributed by atoms with Gasteiger partial charge in [0.25, 0.3) is 0 Å². The first-order valence-corrected chi connectivity index (χ1v) is 7.94. The Labute approximate surface area is 110 Å². The number of rotatable bonds is 9. The van der Waals surface area contributed by atoms with Crippen molar-refractivity contribution in [2.75, 3.05) is 23.9 Å². The van der Waals surface area contributed by atoms with E-state index in [0.717, 1.165) is 19.4 Å². The van der Waals surface area contributed by atoms with Crippen molar-refractivity contribution < 1.29 is 8.63 Å². The maximum Gasteiger partial charge on any atom is 0.315 e. The van der Waals surface area contributed by atoms with Crippen LogP contribution in [0.2, 0.25) is 0 Å². The Bertz CT molecular complexity index is 370. The van der Waals surface area contributed by atoms with Crippen molar-refractivity contribution in [2.45, 2.75) is 39.3 Å². The molecule has 1 heterocycles. The minimum absolute atomic E-state index is 0.172. The van der Waals surface area contributed by atoms with Crippen LogP contribution < -0.4 is 10.6 Å². The van der Waals surface area contributed by atoms with Gasteiger partial charge in [0.1, 0.15) is 0 Å². The summed E-state index contributed by atoms with van der Waals surface area (Å²) in [5.74, 6) is 1.25. The highest BCUT2D eigenvalue weighted by Gasteiger charge is 2.09. The average Bonchev–Trinajstić information content (AvgIpc) is 2.74. The topological polar surface area (TPSA) is 80.0 Å². The number of aromatic nitrogens is 2. The molecule has 0 spiro atoms. The van der Waals surface area contributed by atoms with Gasteiger partial charge in [0.15, 0.2) is 0 Å². The molecule has 0 aliphatic rings. The Morgan fingerprint density at radius 2 is 2.22 bits per heavy atom. The summed E-state index contributed by atoms with van der Waals surface area (Å²) in [6.07, 6.45) is 3.59. The van der Waals surface area contributed by atoms with Gasteiger partial charge < -0.3 is 15.1 Å². The van der Waals surface area contributed by atoms with Crippen molar-refractivity contribution in [1.82, 2.24) is 15.5 Å². The van der Waals surface area contributed by atoms with Crippen LogP contribution in [0.3, 0.4) is 0 Å². The van der Waals surface area contributed by atoms with Gasteiger partial charge in [0.05, 0.1) is 6.54 Å². The monoisotopic (exact) mass is 274 g/mol. The van der Waals surface area contributed by atoms with E-state index in [-0.39, 0.29) is 6.04 Å². The molecule has 0 fully saturated rings. The number of hydrogen-bond donors (Lipinski definition) is 2. The zero-order chi connectivity index (χ0) is 13.4. The van der Waals surface area contributed by atoms with Crippen molar-refractivity contribution >= 4 is 16.8 Å². The van der Waals surface area contributed by atoms with Crippen LogP contribution in [-0.2, 0) is 17.3 Å². The Morgan fingerprint density at radius 1 is 1.44 bits per heavy atom. The van der Waals surface area contributed by atoms with Gasteiger partial charge in [-0.05, 0) is 26.3 Å². The predicted molar refractivity (Wildman–Crippen MR) is 72.9 cm³/mol. The molecule has 7 heteroatoms. The van der Waals surface area contributed by atoms with Gasteiger partial charge in [-0.25, -0.2) is 0 Å². The van der Waals surface area contributed by atoms with Crippen molar-refractivity contribution in [3.8, 4) is 0 Å². The van der Waals surface area contributed by atoms with Crippen LogP contribution in [0, 0.1) is 0 Å². The molecule has 1 aromatic rings. The molecule has 0 aromatic carbocycles. The molecule has 0 aliphatic carbocycles. The fraction of sp³-hybridized carbons (Fsp3) is 0.818. The molecule has 0 aliphatic heterocycles. The van der Waals surface area contributed by atoms with E-state index < -0.39 is 10.8 Å². The van der Waals surface area contributed by atoms with E-state index in [2.05, 4.69) is 27.8 Å². The predicted octanol–water partition coefficient (Wildman–Crippen LogP) is 1.14. The highest BCUT2D eigenvalue weighted by atomic mass is 32.2. The molecule has 0 bridgehead atoms. The third-order valence-electron chi connectivity index (χ3n) is 2.38. The second kappa shape index (κ2) is 8.20. The zero-order valence-corrected chi connectivity index (χ0v) is 12.0. The lowest BCUT2D eigenvalue weighted by atomic mass is 10.3. The molecule has 2 atom stereocenters. The van der Waals surface area contributed by atoms with E-state index in [4.69, 9.17) is 4.42 Å². The minimum Gasteiger partial charge on any atom is -0.407 e. The lowest BCUT2D eigenvalue weighted by Crippen LogP contribution is -2.18. The number of anilines is 1. The summed E-state index contributed by atoms with van der Waals surface area (Å²) < 4.78 is 16.4. The summed E-state index contributed by atoms with van der Waals surface area (Å²) in [5, 5.41) is 14.2. The first-order valence-electron chi connectivity index (χ1n) is 6.21. The first-order chi connectivity index (χ1) is 8.61. The van der Waals surface area contributed by atoms with Crippen LogP contribution >= 0.6 is 0 Å². The molecule has 18 heavy (non-hydrogen) atoms. The average molecular weight is 274 g/mol. The lowest BCUT2D eigenvalue weighted by Gasteiger charge is -2.09. The normalized spacial score (nSPS) is 14.4. The Hall–Kier alpha value is -0.950. The Balaban J connectivity index is 2.31. The van der Waals surface area contributed by atoms with Crippen LogP contribution in [0.4, 0.5) is 6.01 Å². The SMILES string of the molecule is CCCNCc1nnc(NC(C)CCS(C)=O)o1. The second-order valence-corrected chi connectivity index (χ2v) is 5.84. The van der Waals surface area contributed by atoms with Gasteiger partial charge in [-0.1, -0.05) is 12.0 Å². The van der Waals surface area contributed by atoms with E-state index in [1.165, 1.54) is 0 Å². The maximum atomic E-state index is 11.0. The first kappa shape index (κ1) is 15.1. The number of nitrogens with one attached hydrogen (secondary N) is 2. The van der Waals surface area contributed by atoms with E-state index in [9.17, 15) is 4.21 Å². The summed E-state index contributed by atoms with van der Waals surface area (Å²) in [5.41, 5.74) is 0. The summed E-state index contributed by atoms with van der Waals surface area (Å²) >= 11 is 0. The molecule has 104 valence electrons. The molecule has 0 saturated carbocycles. The maximum absolute atomic E-state index is 11.0. The van der Waals surface area contributed by atoms with Crippen molar-refractivity contribution in [2.24, 2.45) is 0 Å². The second-order valence-electron chi connectivity index (χ2n) is 4.29. The quantitative estimate of drug-likeness (QED) is 0.657. The number of hydrogen-bond acceptors (Lipinski definition) is 6. The van der Waals surface area contributed by atoms with Crippen molar-refractivity contribution in [1.29, 1.82) is 0 Å². The third-order valence-corrected chi connectivity index (χ3v) is 3.19. The van der Waals surface area contributed by atoms with Crippen LogP contribution in [0.15, 0.2) is 4.42 Å². The summed E-state index contributed by atoms with van der Waals surface area (Å²) in [4.78, 5) is 0. The Kier molecular flexibility index (Phi) is 6.89. The van der Waals surface area contributed by atoms with E-state index in [0.29, 0.717) is 24.2 Å². The van der Waals surface area contributed by atoms with Gasteiger partial charge in [-0.2, -0.15) is 0 Å². The highest BCUT2D eigenvalue weighted by molar-refractivity contribution is 7.84. The molecule has 2 N–H and O–H groups in total. The largest absolute Gasteiger partial charge is 0.407 e. The lowest BCUT2D eigenvalue weighted by molar-refractivity contribution is 0.473. The van der Waals surface area contributed by atoms with Crippen LogP contribution in [0.1, 0.15) is 32.6 Å². The Morgan fingerprint density at radius 3 is 2.89 bits per heavy atom. The van der Waals surface area contributed by atoms with E-state index in [1.54, 1.807) is 6.26 Å². The molecular formula is C11H22N4O2S. The minimum atomic E-state index is -0.761. The molecule has 0 radical (unpaired) electrons. The summed E-state index contributed by atoms with van der Waals surface area (Å²) in [7, 11) is -0.761. The zero-order valence-electron chi connectivity index (χ0n) is 11.2. The van der Waals surface area contributed by atoms with Gasteiger partial charge >= 0.3 is 6.01 Å². The molecule has 1 rings (SSSR count). The van der Waals surface area contributed by atoms with Gasteiger partial charge in [0, 0.05) is 28.9 Å². The van der Waals surface area contributed by atoms with Crippen LogP contribution in [0.25, 0.3) is 0 Å². The molecule has 0 saturated heterocycles. The van der Waals surface area contributed by atoms with Gasteiger partial charge in [0.2, 0.25) is 5.89 Å². The molecular weight excluding hydrogens is 252 g/mol. The highest BCUT2D eigenvalue weighted by Crippen LogP contribution is 2.08. The standard InChI is InChI=1S/C11H22N4O2S/c1-4-6-12-8-10-14-15-11(17-10)13-9(2)5-7-18(3)16/h9,12H,4-8H2,1-3H3,(H,13,15). The smallest absolute Gasteiger partial charge is 0.315 e. The molecule has 2 unspecified atom stereocenters. The summed E-state index contributed by atoms with van der Waals surface area (Å²) in [6, 6.07) is 0.600. The third kappa shape index (κ3) is 6.11. The fourth-order valence-electron chi connectivity index (χ4n) is 1.38. The van der Waals surface area contributed by atoms with Crippen molar-refractivity contribution in [3.05, 3.63) is 5.89 Å². The molecule has 1 aromatic heterocycles. The van der Waals surface area contributed by atoms with Gasteiger partial charge in [-0.3, -0.25) is 4.21 Å². The van der Waals surface area contributed by atoms with Crippen molar-refractivity contribution in [3.63, 3.8) is 0 Å². The van der Waals surface area contributed by atoms with Crippen LogP contribution in [-0.4, -0.2) is 39.0 Å². The van der Waals surface area contributed by atoms with Crippen LogP contribution in [0.5, 0.6) is 0 Å². The summed E-state index contributed by atoms with van der Waals surface area (Å²) in [6.45, 7) is 5.64. The number of nitrogens with zero attached hydrogens (tertiary/aromatic N) is 2. The fourth-order valence-corrected chi connectivity index (χ4v) is 2.07. The van der Waals surface area contributed by atoms with E-state index in [1.807, 2.05) is 6.92 Å². The molecule has 6 nitrogen and oxygen atoms in total. The molecule has 0 amide bonds.